The van der Waals surface area contributed by atoms with Crippen LogP contribution in [0.3, 0.4) is 0 Å². The van der Waals surface area contributed by atoms with Gasteiger partial charge in [-0.1, -0.05) is 23.2 Å². The Labute approximate surface area is 133 Å². The van der Waals surface area contributed by atoms with Gasteiger partial charge in [-0.05, 0) is 43.0 Å². The molecule has 6 heteroatoms. The van der Waals surface area contributed by atoms with Gasteiger partial charge in [0, 0.05) is 27.4 Å². The molecule has 2 unspecified atom stereocenters. The number of hydrogen-bond donors (Lipinski definition) is 2. The van der Waals surface area contributed by atoms with Crippen LogP contribution >= 0.6 is 35.0 Å². The number of rotatable bonds is 6. The first-order chi connectivity index (χ1) is 9.46. The lowest BCUT2D eigenvalue weighted by Gasteiger charge is -2.20. The summed E-state index contributed by atoms with van der Waals surface area (Å²) >= 11 is 13.3. The van der Waals surface area contributed by atoms with Gasteiger partial charge in [0.1, 0.15) is 0 Å². The summed E-state index contributed by atoms with van der Waals surface area (Å²) in [5, 5.41) is 13.0. The van der Waals surface area contributed by atoms with Crippen molar-refractivity contribution in [1.29, 1.82) is 0 Å². The molecule has 1 aromatic rings. The molecule has 0 aromatic heterocycles. The summed E-state index contributed by atoms with van der Waals surface area (Å²) in [5.41, 5.74) is 0.758. The molecule has 0 aliphatic heterocycles. The number of hydrogen-bond acceptors (Lipinski definition) is 3. The molecule has 0 heterocycles. The van der Waals surface area contributed by atoms with E-state index in [1.807, 2.05) is 13.2 Å². The second kappa shape index (κ2) is 8.57. The fourth-order valence-corrected chi connectivity index (χ4v) is 2.81. The van der Waals surface area contributed by atoms with Gasteiger partial charge in [-0.15, -0.1) is 0 Å². The minimum absolute atomic E-state index is 0.0204. The molecule has 20 heavy (non-hydrogen) atoms. The molecule has 0 aliphatic rings. The molecular weight excluding hydrogens is 317 g/mol. The van der Waals surface area contributed by atoms with Crippen LogP contribution in [-0.2, 0) is 4.79 Å². The lowest BCUT2D eigenvalue weighted by Crippen LogP contribution is -2.40. The van der Waals surface area contributed by atoms with Gasteiger partial charge in [-0.2, -0.15) is 11.8 Å². The molecule has 110 valence electrons. The zero-order chi connectivity index (χ0) is 15.1. The summed E-state index contributed by atoms with van der Waals surface area (Å²) in [5.74, 6) is -0.221. The van der Waals surface area contributed by atoms with Gasteiger partial charge in [-0.3, -0.25) is 4.79 Å². The van der Waals surface area contributed by atoms with Gasteiger partial charge in [0.05, 0.1) is 6.61 Å². The van der Waals surface area contributed by atoms with Crippen molar-refractivity contribution in [2.75, 3.05) is 12.9 Å². The van der Waals surface area contributed by atoms with Gasteiger partial charge in [0.25, 0.3) is 0 Å². The molecule has 0 bridgehead atoms. The maximum Gasteiger partial charge on any atom is 0.244 e. The number of amides is 1. The second-order valence-corrected chi connectivity index (χ2v) is 6.24. The van der Waals surface area contributed by atoms with Crippen molar-refractivity contribution in [3.63, 3.8) is 0 Å². The first kappa shape index (κ1) is 17.4. The minimum Gasteiger partial charge on any atom is -0.395 e. The highest BCUT2D eigenvalue weighted by molar-refractivity contribution is 7.99. The molecule has 1 rings (SSSR count). The summed E-state index contributed by atoms with van der Waals surface area (Å²) < 4.78 is 0. The smallest absolute Gasteiger partial charge is 0.244 e. The molecule has 2 atom stereocenters. The summed E-state index contributed by atoms with van der Waals surface area (Å²) in [6.45, 7) is 1.88. The number of nitrogens with one attached hydrogen (secondary N) is 1. The van der Waals surface area contributed by atoms with Crippen LogP contribution in [0.25, 0.3) is 6.08 Å². The predicted molar refractivity (Wildman–Crippen MR) is 87.5 cm³/mol. The van der Waals surface area contributed by atoms with Crippen molar-refractivity contribution in [2.45, 2.75) is 18.2 Å². The van der Waals surface area contributed by atoms with E-state index in [1.165, 1.54) is 17.8 Å². The van der Waals surface area contributed by atoms with Crippen molar-refractivity contribution < 1.29 is 9.90 Å². The van der Waals surface area contributed by atoms with Gasteiger partial charge in [-0.25, -0.2) is 0 Å². The normalized spacial score (nSPS) is 14.2. The fourth-order valence-electron chi connectivity index (χ4n) is 1.65. The molecule has 0 saturated heterocycles. The highest BCUT2D eigenvalue weighted by Crippen LogP contribution is 2.19. The van der Waals surface area contributed by atoms with Gasteiger partial charge < -0.3 is 10.4 Å². The Kier molecular flexibility index (Phi) is 7.45. The molecule has 1 aromatic carbocycles. The number of thioether (sulfide) groups is 1. The molecule has 1 amide bonds. The number of halogens is 2. The van der Waals surface area contributed by atoms with E-state index in [9.17, 15) is 4.79 Å². The van der Waals surface area contributed by atoms with E-state index in [1.54, 1.807) is 24.3 Å². The third kappa shape index (κ3) is 5.75. The van der Waals surface area contributed by atoms with Gasteiger partial charge >= 0.3 is 0 Å². The van der Waals surface area contributed by atoms with Crippen LogP contribution in [-0.4, -0.2) is 35.2 Å². The second-order valence-electron chi connectivity index (χ2n) is 4.29. The Morgan fingerprint density at radius 1 is 1.40 bits per heavy atom. The molecular formula is C14H17Cl2NO2S. The monoisotopic (exact) mass is 333 g/mol. The fraction of sp³-hybridized carbons (Fsp3) is 0.357. The average Bonchev–Trinajstić information content (AvgIpc) is 2.36. The molecule has 0 radical (unpaired) electrons. The number of aliphatic hydroxyl groups is 1. The average molecular weight is 334 g/mol. The zero-order valence-electron chi connectivity index (χ0n) is 11.3. The van der Waals surface area contributed by atoms with Crippen LogP contribution in [0.1, 0.15) is 12.5 Å². The van der Waals surface area contributed by atoms with Crippen molar-refractivity contribution in [2.24, 2.45) is 0 Å². The Morgan fingerprint density at radius 3 is 2.50 bits per heavy atom. The van der Waals surface area contributed by atoms with Crippen LogP contribution in [0.5, 0.6) is 0 Å². The zero-order valence-corrected chi connectivity index (χ0v) is 13.6. The molecule has 3 nitrogen and oxygen atoms in total. The summed E-state index contributed by atoms with van der Waals surface area (Å²) in [6, 6.07) is 4.96. The Balaban J connectivity index is 2.63. The van der Waals surface area contributed by atoms with E-state index in [0.29, 0.717) is 10.0 Å². The largest absolute Gasteiger partial charge is 0.395 e. The SMILES string of the molecule is CSC(CO)C(C)NC(=O)/C=C/c1cc(Cl)cc(Cl)c1. The van der Waals surface area contributed by atoms with E-state index >= 15 is 0 Å². The lowest BCUT2D eigenvalue weighted by atomic mass is 10.2. The Hall–Kier alpha value is -0.680. The molecule has 0 fully saturated rings. The predicted octanol–water partition coefficient (Wildman–Crippen LogP) is 3.24. The van der Waals surface area contributed by atoms with E-state index in [0.717, 1.165) is 5.56 Å². The highest BCUT2D eigenvalue weighted by atomic mass is 35.5. The number of aliphatic hydroxyl groups excluding tert-OH is 1. The number of benzene rings is 1. The first-order valence-electron chi connectivity index (χ1n) is 6.04. The first-order valence-corrected chi connectivity index (χ1v) is 8.09. The third-order valence-corrected chi connectivity index (χ3v) is 4.32. The van der Waals surface area contributed by atoms with Gasteiger partial charge in [0.15, 0.2) is 0 Å². The van der Waals surface area contributed by atoms with Crippen molar-refractivity contribution in [1.82, 2.24) is 5.32 Å². The highest BCUT2D eigenvalue weighted by Gasteiger charge is 2.15. The maximum atomic E-state index is 11.8. The van der Waals surface area contributed by atoms with E-state index in [-0.39, 0.29) is 23.8 Å². The van der Waals surface area contributed by atoms with E-state index < -0.39 is 0 Å². The van der Waals surface area contributed by atoms with E-state index in [2.05, 4.69) is 5.32 Å². The summed E-state index contributed by atoms with van der Waals surface area (Å²) in [4.78, 5) is 11.8. The van der Waals surface area contributed by atoms with Crippen LogP contribution in [0.2, 0.25) is 10.0 Å². The third-order valence-electron chi connectivity index (χ3n) is 2.72. The van der Waals surface area contributed by atoms with Crippen LogP contribution in [0.15, 0.2) is 24.3 Å². The topological polar surface area (TPSA) is 49.3 Å². The minimum atomic E-state index is -0.221. The van der Waals surface area contributed by atoms with Crippen LogP contribution in [0.4, 0.5) is 0 Å². The van der Waals surface area contributed by atoms with E-state index in [4.69, 9.17) is 28.3 Å². The van der Waals surface area contributed by atoms with Crippen molar-refractivity contribution >= 4 is 46.9 Å². The lowest BCUT2D eigenvalue weighted by molar-refractivity contribution is -0.117. The van der Waals surface area contributed by atoms with Crippen molar-refractivity contribution in [3.8, 4) is 0 Å². The standard InChI is InChI=1S/C14H17Cl2NO2S/c1-9(13(8-18)20-2)17-14(19)4-3-10-5-11(15)7-12(16)6-10/h3-7,9,13,18H,8H2,1-2H3,(H,17,19)/b4-3+. The molecule has 0 spiro atoms. The Bertz CT molecular complexity index is 470. The molecule has 2 N–H and O–H groups in total. The molecule has 0 aliphatic carbocycles. The van der Waals surface area contributed by atoms with Gasteiger partial charge in [0.2, 0.25) is 5.91 Å². The quantitative estimate of drug-likeness (QED) is 0.786. The molecule has 0 saturated carbocycles. The summed E-state index contributed by atoms with van der Waals surface area (Å²) in [7, 11) is 0. The van der Waals surface area contributed by atoms with Crippen LogP contribution < -0.4 is 5.32 Å². The number of carbonyl (C=O) groups excluding carboxylic acids is 1. The summed E-state index contributed by atoms with van der Waals surface area (Å²) in [6.07, 6.45) is 4.97. The maximum absolute atomic E-state index is 11.8. The van der Waals surface area contributed by atoms with Crippen LogP contribution in [0, 0.1) is 0 Å². The number of carbonyl (C=O) groups is 1. The Morgan fingerprint density at radius 2 is 2.00 bits per heavy atom. The van der Waals surface area contributed by atoms with Crippen molar-refractivity contribution in [3.05, 3.63) is 39.9 Å².